The molecular formula is C9H17IO. The second-order valence-corrected chi connectivity index (χ2v) is 4.38. The molecule has 0 aromatic heterocycles. The van der Waals surface area contributed by atoms with Crippen LogP contribution in [-0.4, -0.2) is 17.1 Å². The molecule has 1 fully saturated rings. The summed E-state index contributed by atoms with van der Waals surface area (Å²) in [7, 11) is 0. The molecule has 0 radical (unpaired) electrons. The summed E-state index contributed by atoms with van der Waals surface area (Å²) in [5.41, 5.74) is 0.524. The molecule has 1 heterocycles. The van der Waals surface area contributed by atoms with Gasteiger partial charge < -0.3 is 4.74 Å². The Hall–Kier alpha value is 0.690. The lowest BCUT2D eigenvalue weighted by molar-refractivity contribution is 0.107. The first-order valence-electron chi connectivity index (χ1n) is 4.44. The van der Waals surface area contributed by atoms with Gasteiger partial charge in [-0.25, -0.2) is 0 Å². The Morgan fingerprint density at radius 2 is 2.09 bits per heavy atom. The van der Waals surface area contributed by atoms with Crippen molar-refractivity contribution in [2.45, 2.75) is 39.2 Å². The summed E-state index contributed by atoms with van der Waals surface area (Å²) in [6.45, 7) is 5.55. The van der Waals surface area contributed by atoms with E-state index in [1.165, 1.54) is 19.3 Å². The average Bonchev–Trinajstić information content (AvgIpc) is 2.49. The molecule has 1 aliphatic rings. The Labute approximate surface area is 83.0 Å². The maximum atomic E-state index is 5.69. The van der Waals surface area contributed by atoms with Crippen molar-refractivity contribution in [3.8, 4) is 0 Å². The van der Waals surface area contributed by atoms with Crippen LogP contribution in [0.4, 0.5) is 0 Å². The van der Waals surface area contributed by atoms with Gasteiger partial charge in [0, 0.05) is 4.43 Å². The van der Waals surface area contributed by atoms with E-state index in [9.17, 15) is 0 Å². The minimum atomic E-state index is 0.524. The van der Waals surface area contributed by atoms with E-state index in [-0.39, 0.29) is 0 Å². The molecule has 2 heteroatoms. The zero-order valence-electron chi connectivity index (χ0n) is 7.40. The first-order chi connectivity index (χ1) is 5.26. The molecule has 0 aromatic carbocycles. The molecule has 11 heavy (non-hydrogen) atoms. The molecule has 0 saturated carbocycles. The van der Waals surface area contributed by atoms with Gasteiger partial charge in [-0.3, -0.25) is 0 Å². The van der Waals surface area contributed by atoms with Crippen LogP contribution >= 0.6 is 22.6 Å². The largest absolute Gasteiger partial charge is 0.377 e. The SMILES string of the molecule is CCC1(CC)CO[C@@H](CI)C1. The second kappa shape index (κ2) is 4.08. The molecule has 0 spiro atoms. The van der Waals surface area contributed by atoms with Gasteiger partial charge in [-0.2, -0.15) is 0 Å². The van der Waals surface area contributed by atoms with E-state index in [4.69, 9.17) is 4.74 Å². The van der Waals surface area contributed by atoms with Crippen LogP contribution in [0.15, 0.2) is 0 Å². The number of hydrogen-bond donors (Lipinski definition) is 0. The van der Waals surface area contributed by atoms with Gasteiger partial charge in [-0.05, 0) is 24.7 Å². The smallest absolute Gasteiger partial charge is 0.0670 e. The molecule has 0 N–H and O–H groups in total. The summed E-state index contributed by atoms with van der Waals surface area (Å²) in [6, 6.07) is 0. The van der Waals surface area contributed by atoms with Gasteiger partial charge in [0.05, 0.1) is 12.7 Å². The van der Waals surface area contributed by atoms with E-state index < -0.39 is 0 Å². The molecule has 1 saturated heterocycles. The zero-order valence-corrected chi connectivity index (χ0v) is 9.56. The topological polar surface area (TPSA) is 9.23 Å². The van der Waals surface area contributed by atoms with Crippen molar-refractivity contribution in [1.82, 2.24) is 0 Å². The minimum Gasteiger partial charge on any atom is -0.377 e. The van der Waals surface area contributed by atoms with Crippen molar-refractivity contribution in [2.75, 3.05) is 11.0 Å². The van der Waals surface area contributed by atoms with Crippen molar-refractivity contribution >= 4 is 22.6 Å². The number of rotatable bonds is 3. The maximum absolute atomic E-state index is 5.69. The molecule has 0 unspecified atom stereocenters. The zero-order chi connectivity index (χ0) is 8.32. The average molecular weight is 268 g/mol. The summed E-state index contributed by atoms with van der Waals surface area (Å²) in [6.07, 6.45) is 4.37. The summed E-state index contributed by atoms with van der Waals surface area (Å²) < 4.78 is 6.84. The first kappa shape index (κ1) is 9.78. The highest BCUT2D eigenvalue weighted by molar-refractivity contribution is 14.1. The maximum Gasteiger partial charge on any atom is 0.0670 e. The van der Waals surface area contributed by atoms with E-state index in [0.29, 0.717) is 11.5 Å². The monoisotopic (exact) mass is 268 g/mol. The fourth-order valence-corrected chi connectivity index (χ4v) is 2.30. The van der Waals surface area contributed by atoms with Crippen LogP contribution in [0.25, 0.3) is 0 Å². The number of alkyl halides is 1. The van der Waals surface area contributed by atoms with Crippen molar-refractivity contribution in [1.29, 1.82) is 0 Å². The number of hydrogen-bond acceptors (Lipinski definition) is 1. The van der Waals surface area contributed by atoms with Gasteiger partial charge in [0.15, 0.2) is 0 Å². The summed E-state index contributed by atoms with van der Waals surface area (Å²) in [5.74, 6) is 0. The van der Waals surface area contributed by atoms with Crippen LogP contribution in [0.3, 0.4) is 0 Å². The summed E-state index contributed by atoms with van der Waals surface area (Å²) in [5, 5.41) is 0. The van der Waals surface area contributed by atoms with Crippen molar-refractivity contribution in [3.05, 3.63) is 0 Å². The molecule has 1 nitrogen and oxygen atoms in total. The van der Waals surface area contributed by atoms with Gasteiger partial charge >= 0.3 is 0 Å². The molecule has 66 valence electrons. The standard InChI is InChI=1S/C9H17IO/c1-3-9(4-2)5-8(6-10)11-7-9/h8H,3-7H2,1-2H3/t8-/m1/s1. The van der Waals surface area contributed by atoms with Gasteiger partial charge in [-0.1, -0.05) is 36.4 Å². The molecule has 1 atom stereocenters. The Morgan fingerprint density at radius 3 is 2.36 bits per heavy atom. The van der Waals surface area contributed by atoms with Crippen LogP contribution < -0.4 is 0 Å². The Balaban J connectivity index is 2.48. The lowest BCUT2D eigenvalue weighted by Gasteiger charge is -2.23. The molecule has 0 aliphatic carbocycles. The van der Waals surface area contributed by atoms with Gasteiger partial charge in [0.25, 0.3) is 0 Å². The van der Waals surface area contributed by atoms with Crippen molar-refractivity contribution < 1.29 is 4.74 Å². The Bertz CT molecular complexity index is 121. The van der Waals surface area contributed by atoms with Crippen LogP contribution in [0, 0.1) is 5.41 Å². The van der Waals surface area contributed by atoms with Crippen LogP contribution in [0.2, 0.25) is 0 Å². The lowest BCUT2D eigenvalue weighted by atomic mass is 9.81. The van der Waals surface area contributed by atoms with Gasteiger partial charge in [-0.15, -0.1) is 0 Å². The van der Waals surface area contributed by atoms with E-state index in [2.05, 4.69) is 36.4 Å². The quantitative estimate of drug-likeness (QED) is 0.564. The highest BCUT2D eigenvalue weighted by Crippen LogP contribution is 2.39. The summed E-state index contributed by atoms with van der Waals surface area (Å²) >= 11 is 2.41. The third-order valence-corrected chi connectivity index (χ3v) is 3.94. The predicted molar refractivity (Wildman–Crippen MR) is 56.3 cm³/mol. The highest BCUT2D eigenvalue weighted by atomic mass is 127. The van der Waals surface area contributed by atoms with Gasteiger partial charge in [0.2, 0.25) is 0 Å². The van der Waals surface area contributed by atoms with Crippen molar-refractivity contribution in [2.24, 2.45) is 5.41 Å². The van der Waals surface area contributed by atoms with Crippen LogP contribution in [0.5, 0.6) is 0 Å². The molecule has 0 amide bonds. The number of ether oxygens (including phenoxy) is 1. The Kier molecular flexibility index (Phi) is 3.62. The van der Waals surface area contributed by atoms with Gasteiger partial charge in [0.1, 0.15) is 0 Å². The van der Waals surface area contributed by atoms with Crippen LogP contribution in [0.1, 0.15) is 33.1 Å². The third kappa shape index (κ3) is 2.08. The van der Waals surface area contributed by atoms with E-state index in [1.807, 2.05) is 0 Å². The highest BCUT2D eigenvalue weighted by Gasteiger charge is 2.36. The fraction of sp³-hybridized carbons (Fsp3) is 1.00. The molecule has 1 aliphatic heterocycles. The number of halogens is 1. The summed E-state index contributed by atoms with van der Waals surface area (Å²) in [4.78, 5) is 0. The third-order valence-electron chi connectivity index (χ3n) is 2.96. The normalized spacial score (nSPS) is 29.2. The Morgan fingerprint density at radius 1 is 1.45 bits per heavy atom. The van der Waals surface area contributed by atoms with Crippen LogP contribution in [-0.2, 0) is 4.74 Å². The molecular weight excluding hydrogens is 251 g/mol. The van der Waals surface area contributed by atoms with E-state index in [0.717, 1.165) is 11.0 Å². The lowest BCUT2D eigenvalue weighted by Crippen LogP contribution is -2.18. The molecule has 0 aromatic rings. The predicted octanol–water partition coefficient (Wildman–Crippen LogP) is 3.02. The molecule has 1 rings (SSSR count). The van der Waals surface area contributed by atoms with E-state index in [1.54, 1.807) is 0 Å². The molecule has 0 bridgehead atoms. The minimum absolute atomic E-state index is 0.524. The fourth-order valence-electron chi connectivity index (χ4n) is 1.74. The van der Waals surface area contributed by atoms with E-state index >= 15 is 0 Å². The van der Waals surface area contributed by atoms with Crippen molar-refractivity contribution in [3.63, 3.8) is 0 Å². The first-order valence-corrected chi connectivity index (χ1v) is 5.96. The second-order valence-electron chi connectivity index (χ2n) is 3.50.